The van der Waals surface area contributed by atoms with Gasteiger partial charge in [-0.3, -0.25) is 0 Å². The van der Waals surface area contributed by atoms with Gasteiger partial charge >= 0.3 is 0 Å². The lowest BCUT2D eigenvalue weighted by Gasteiger charge is -2.08. The Morgan fingerprint density at radius 3 is 2.47 bits per heavy atom. The maximum absolute atomic E-state index is 11.6. The Labute approximate surface area is 88.5 Å². The van der Waals surface area contributed by atoms with Gasteiger partial charge in [-0.15, -0.1) is 0 Å². The molecule has 15 heavy (non-hydrogen) atoms. The Morgan fingerprint density at radius 1 is 1.33 bits per heavy atom. The molecule has 5 heteroatoms. The van der Waals surface area contributed by atoms with Crippen LogP contribution in [0.2, 0.25) is 0 Å². The number of aryl methyl sites for hydroxylation is 2. The number of hydrogen-bond acceptors (Lipinski definition) is 4. The first-order valence-corrected chi connectivity index (χ1v) is 5.98. The van der Waals surface area contributed by atoms with Crippen molar-refractivity contribution in [2.45, 2.75) is 18.7 Å². The van der Waals surface area contributed by atoms with Crippen LogP contribution in [-0.2, 0) is 14.6 Å². The van der Waals surface area contributed by atoms with Crippen molar-refractivity contribution in [1.29, 1.82) is 0 Å². The van der Waals surface area contributed by atoms with Crippen molar-refractivity contribution in [2.24, 2.45) is 0 Å². The van der Waals surface area contributed by atoms with Crippen LogP contribution in [0.4, 0.5) is 0 Å². The first-order valence-electron chi connectivity index (χ1n) is 4.33. The van der Waals surface area contributed by atoms with Crippen LogP contribution in [0.1, 0.15) is 11.1 Å². The zero-order valence-corrected chi connectivity index (χ0v) is 9.30. The predicted molar refractivity (Wildman–Crippen MR) is 53.0 cm³/mol. The molecule has 82 valence electrons. The normalized spacial score (nSPS) is 11.3. The second-order valence-corrected chi connectivity index (χ2v) is 5.36. The number of carboxylic acids is 1. The molecule has 0 saturated carbocycles. The van der Waals surface area contributed by atoms with E-state index in [1.165, 1.54) is 6.07 Å². The maximum atomic E-state index is 11.6. The highest BCUT2D eigenvalue weighted by molar-refractivity contribution is 7.92. The molecule has 1 rings (SSSR count). The number of rotatable bonds is 3. The molecule has 0 amide bonds. The number of carboxylic acid groups (broad SMARTS) is 1. The van der Waals surface area contributed by atoms with Gasteiger partial charge < -0.3 is 9.90 Å². The minimum Gasteiger partial charge on any atom is -0.549 e. The lowest BCUT2D eigenvalue weighted by Crippen LogP contribution is -2.30. The average molecular weight is 227 g/mol. The van der Waals surface area contributed by atoms with Crippen molar-refractivity contribution in [3.05, 3.63) is 29.3 Å². The fourth-order valence-electron chi connectivity index (χ4n) is 1.28. The molecule has 0 aromatic heterocycles. The molecule has 1 aromatic carbocycles. The van der Waals surface area contributed by atoms with Gasteiger partial charge in [-0.1, -0.05) is 12.1 Å². The molecule has 0 fully saturated rings. The summed E-state index contributed by atoms with van der Waals surface area (Å²) in [4.78, 5) is 10.4. The first-order chi connectivity index (χ1) is 6.83. The quantitative estimate of drug-likeness (QED) is 0.718. The van der Waals surface area contributed by atoms with Gasteiger partial charge in [0.1, 0.15) is 0 Å². The van der Waals surface area contributed by atoms with E-state index in [1.54, 1.807) is 26.0 Å². The average Bonchev–Trinajstić information content (AvgIpc) is 2.06. The number of benzene rings is 1. The summed E-state index contributed by atoms with van der Waals surface area (Å²) in [6.07, 6.45) is 0. The van der Waals surface area contributed by atoms with E-state index in [0.717, 1.165) is 5.56 Å². The number of carbonyl (C=O) groups is 1. The molecule has 0 bridgehead atoms. The molecule has 0 atom stereocenters. The van der Waals surface area contributed by atoms with Gasteiger partial charge in [0.2, 0.25) is 0 Å². The first kappa shape index (κ1) is 11.7. The van der Waals surface area contributed by atoms with Crippen LogP contribution in [0.15, 0.2) is 23.1 Å². The molecule has 0 unspecified atom stereocenters. The van der Waals surface area contributed by atoms with E-state index in [-0.39, 0.29) is 4.90 Å². The number of carbonyl (C=O) groups excluding carboxylic acids is 1. The number of sulfone groups is 1. The monoisotopic (exact) mass is 227 g/mol. The number of aliphatic carboxylic acids is 1. The Kier molecular flexibility index (Phi) is 3.14. The SMILES string of the molecule is Cc1ccc(C)c(S(=O)(=O)CC(=O)[O-])c1. The minimum absolute atomic E-state index is 0.0618. The van der Waals surface area contributed by atoms with Crippen LogP contribution < -0.4 is 5.11 Å². The molecule has 0 aliphatic heterocycles. The van der Waals surface area contributed by atoms with Crippen LogP contribution in [0.3, 0.4) is 0 Å². The van der Waals surface area contributed by atoms with Crippen LogP contribution in [-0.4, -0.2) is 20.1 Å². The van der Waals surface area contributed by atoms with Crippen molar-refractivity contribution in [1.82, 2.24) is 0 Å². The van der Waals surface area contributed by atoms with Crippen molar-refractivity contribution < 1.29 is 18.3 Å². The summed E-state index contributed by atoms with van der Waals surface area (Å²) in [5, 5.41) is 10.3. The molecule has 0 saturated heterocycles. The molecule has 1 aromatic rings. The Hall–Kier alpha value is -1.36. The third kappa shape index (κ3) is 2.79. The summed E-state index contributed by atoms with van der Waals surface area (Å²) in [7, 11) is -3.77. The lowest BCUT2D eigenvalue weighted by atomic mass is 10.2. The second-order valence-electron chi connectivity index (χ2n) is 3.40. The molecule has 4 nitrogen and oxygen atoms in total. The highest BCUT2D eigenvalue weighted by atomic mass is 32.2. The summed E-state index contributed by atoms with van der Waals surface area (Å²) < 4.78 is 23.2. The van der Waals surface area contributed by atoms with Crippen LogP contribution in [0.5, 0.6) is 0 Å². The van der Waals surface area contributed by atoms with Crippen molar-refractivity contribution >= 4 is 15.8 Å². The van der Waals surface area contributed by atoms with E-state index in [9.17, 15) is 18.3 Å². The Bertz CT molecular complexity index is 488. The van der Waals surface area contributed by atoms with Gasteiger partial charge in [-0.2, -0.15) is 0 Å². The van der Waals surface area contributed by atoms with Crippen LogP contribution in [0.25, 0.3) is 0 Å². The van der Waals surface area contributed by atoms with E-state index < -0.39 is 21.6 Å². The van der Waals surface area contributed by atoms with Gasteiger partial charge in [-0.25, -0.2) is 8.42 Å². The fourth-order valence-corrected chi connectivity index (χ4v) is 2.67. The zero-order chi connectivity index (χ0) is 11.6. The highest BCUT2D eigenvalue weighted by Crippen LogP contribution is 2.17. The Morgan fingerprint density at radius 2 is 1.93 bits per heavy atom. The summed E-state index contributed by atoms with van der Waals surface area (Å²) in [5.41, 5.74) is 1.32. The highest BCUT2D eigenvalue weighted by Gasteiger charge is 2.17. The molecular weight excluding hydrogens is 216 g/mol. The summed E-state index contributed by atoms with van der Waals surface area (Å²) >= 11 is 0. The lowest BCUT2D eigenvalue weighted by molar-refractivity contribution is -0.301. The van der Waals surface area contributed by atoms with Crippen LogP contribution in [0, 0.1) is 13.8 Å². The van der Waals surface area contributed by atoms with E-state index in [4.69, 9.17) is 0 Å². The van der Waals surface area contributed by atoms with E-state index in [0.29, 0.717) is 5.56 Å². The largest absolute Gasteiger partial charge is 0.549 e. The number of hydrogen-bond donors (Lipinski definition) is 0. The Balaban J connectivity index is 3.26. The van der Waals surface area contributed by atoms with E-state index >= 15 is 0 Å². The van der Waals surface area contributed by atoms with Crippen molar-refractivity contribution in [2.75, 3.05) is 5.75 Å². The van der Waals surface area contributed by atoms with Gasteiger partial charge in [-0.05, 0) is 31.0 Å². The molecule has 0 spiro atoms. The topological polar surface area (TPSA) is 74.3 Å². The standard InChI is InChI=1S/C10H12O4S/c1-7-3-4-8(2)9(5-7)15(13,14)6-10(11)12/h3-5H,6H2,1-2H3,(H,11,12)/p-1. The minimum atomic E-state index is -3.77. The van der Waals surface area contributed by atoms with Gasteiger partial charge in [0.15, 0.2) is 9.84 Å². The van der Waals surface area contributed by atoms with Gasteiger partial charge in [0.05, 0.1) is 16.6 Å². The van der Waals surface area contributed by atoms with Crippen molar-refractivity contribution in [3.8, 4) is 0 Å². The molecule has 0 radical (unpaired) electrons. The van der Waals surface area contributed by atoms with Crippen molar-refractivity contribution in [3.63, 3.8) is 0 Å². The molecule has 0 heterocycles. The van der Waals surface area contributed by atoms with Gasteiger partial charge in [0, 0.05) is 0 Å². The van der Waals surface area contributed by atoms with E-state index in [2.05, 4.69) is 0 Å². The second kappa shape index (κ2) is 4.02. The summed E-state index contributed by atoms with van der Waals surface area (Å²) in [6.45, 7) is 3.37. The zero-order valence-electron chi connectivity index (χ0n) is 8.48. The van der Waals surface area contributed by atoms with Gasteiger partial charge in [0.25, 0.3) is 0 Å². The molecular formula is C10H11O4S-. The summed E-state index contributed by atoms with van der Waals surface area (Å²) in [6, 6.07) is 4.89. The fraction of sp³-hybridized carbons (Fsp3) is 0.300. The third-order valence-electron chi connectivity index (χ3n) is 1.99. The smallest absolute Gasteiger partial charge is 0.183 e. The molecule has 0 N–H and O–H groups in total. The van der Waals surface area contributed by atoms with E-state index in [1.807, 2.05) is 0 Å². The molecule has 0 aliphatic carbocycles. The third-order valence-corrected chi connectivity index (χ3v) is 3.71. The van der Waals surface area contributed by atoms with Crippen LogP contribution >= 0.6 is 0 Å². The molecule has 0 aliphatic rings. The maximum Gasteiger partial charge on any atom is 0.183 e. The predicted octanol–water partition coefficient (Wildman–Crippen LogP) is -0.173. The summed E-state index contributed by atoms with van der Waals surface area (Å²) in [5.74, 6) is -2.56.